The SMILES string of the molecule is CCOC(=O)CCP(=O)(O)C(Cc1ccccc1)NC(=O)[C@@H]1CCCN1C(=O)[C@H](CSCNC(C)=O)NC(=O)OC(C)(C)C. The fraction of sp³-hybridized carbons (Fsp3) is 0.621. The fourth-order valence-corrected chi connectivity index (χ4v) is 7.01. The zero-order chi connectivity index (χ0) is 32.9. The lowest BCUT2D eigenvalue weighted by Gasteiger charge is -2.31. The Morgan fingerprint density at radius 3 is 2.43 bits per heavy atom. The molecule has 0 saturated carbocycles. The molecule has 1 aromatic rings. The van der Waals surface area contributed by atoms with Crippen molar-refractivity contribution in [3.63, 3.8) is 0 Å². The molecule has 2 unspecified atom stereocenters. The summed E-state index contributed by atoms with van der Waals surface area (Å²) in [5, 5.41) is 7.91. The zero-order valence-corrected chi connectivity index (χ0v) is 27.7. The fourth-order valence-electron chi connectivity index (χ4n) is 4.49. The van der Waals surface area contributed by atoms with Crippen molar-refractivity contribution in [3.05, 3.63) is 35.9 Å². The first-order valence-corrected chi connectivity index (χ1v) is 17.6. The van der Waals surface area contributed by atoms with Gasteiger partial charge in [0.2, 0.25) is 25.1 Å². The van der Waals surface area contributed by atoms with Crippen LogP contribution in [0.4, 0.5) is 4.79 Å². The number of nitrogens with zero attached hydrogens (tertiary/aromatic N) is 1. The number of carbonyl (C=O) groups is 5. The van der Waals surface area contributed by atoms with E-state index >= 15 is 0 Å². The quantitative estimate of drug-likeness (QED) is 0.0949. The lowest BCUT2D eigenvalue weighted by molar-refractivity contribution is -0.142. The summed E-state index contributed by atoms with van der Waals surface area (Å²) in [7, 11) is -4.12. The van der Waals surface area contributed by atoms with Crippen LogP contribution in [0.25, 0.3) is 0 Å². The Morgan fingerprint density at radius 2 is 1.82 bits per heavy atom. The normalized spacial score (nSPS) is 17.5. The van der Waals surface area contributed by atoms with E-state index in [1.807, 2.05) is 0 Å². The molecule has 1 aliphatic rings. The summed E-state index contributed by atoms with van der Waals surface area (Å²) >= 11 is 1.21. The number of likely N-dealkylation sites (tertiary alicyclic amines) is 1. The average molecular weight is 657 g/mol. The molecule has 2 rings (SSSR count). The number of rotatable bonds is 15. The molecule has 0 spiro atoms. The van der Waals surface area contributed by atoms with Gasteiger partial charge in [0.05, 0.1) is 18.9 Å². The molecule has 0 bridgehead atoms. The Morgan fingerprint density at radius 1 is 1.14 bits per heavy atom. The molecule has 15 heteroatoms. The van der Waals surface area contributed by atoms with Crippen molar-refractivity contribution in [1.29, 1.82) is 0 Å². The molecule has 1 heterocycles. The molecule has 1 aromatic carbocycles. The van der Waals surface area contributed by atoms with Crippen molar-refractivity contribution in [2.75, 3.05) is 30.9 Å². The smallest absolute Gasteiger partial charge is 0.408 e. The highest BCUT2D eigenvalue weighted by atomic mass is 32.2. The molecule has 1 aliphatic heterocycles. The number of nitrogens with one attached hydrogen (secondary N) is 3. The molecule has 4 amide bonds. The molecule has 1 saturated heterocycles. The lowest BCUT2D eigenvalue weighted by atomic mass is 10.1. The topological polar surface area (TPSA) is 180 Å². The molecule has 0 aliphatic carbocycles. The second-order valence-corrected chi connectivity index (χ2v) is 15.0. The van der Waals surface area contributed by atoms with E-state index in [1.165, 1.54) is 23.6 Å². The van der Waals surface area contributed by atoms with Crippen LogP contribution in [0.1, 0.15) is 59.4 Å². The predicted molar refractivity (Wildman–Crippen MR) is 167 cm³/mol. The van der Waals surface area contributed by atoms with Crippen LogP contribution in [0.15, 0.2) is 30.3 Å². The zero-order valence-electron chi connectivity index (χ0n) is 26.0. The molecule has 44 heavy (non-hydrogen) atoms. The van der Waals surface area contributed by atoms with Gasteiger partial charge in [-0.05, 0) is 46.1 Å². The van der Waals surface area contributed by atoms with Crippen LogP contribution in [-0.4, -0.2) is 94.0 Å². The van der Waals surface area contributed by atoms with E-state index in [0.29, 0.717) is 18.4 Å². The minimum atomic E-state index is -4.12. The van der Waals surface area contributed by atoms with Gasteiger partial charge in [-0.3, -0.25) is 23.7 Å². The molecule has 4 N–H and O–H groups in total. The number of esters is 1. The number of hydrogen-bond donors (Lipinski definition) is 4. The summed E-state index contributed by atoms with van der Waals surface area (Å²) in [6.45, 7) is 8.45. The Labute approximate surface area is 263 Å². The Balaban J connectivity index is 2.23. The van der Waals surface area contributed by atoms with Gasteiger partial charge in [-0.15, -0.1) is 11.8 Å². The Bertz CT molecular complexity index is 1200. The minimum Gasteiger partial charge on any atom is -0.466 e. The third kappa shape index (κ3) is 12.9. The molecule has 0 aromatic heterocycles. The van der Waals surface area contributed by atoms with Crippen LogP contribution in [0.3, 0.4) is 0 Å². The van der Waals surface area contributed by atoms with Crippen LogP contribution in [0.2, 0.25) is 0 Å². The highest BCUT2D eigenvalue weighted by Gasteiger charge is 2.41. The van der Waals surface area contributed by atoms with Gasteiger partial charge in [-0.1, -0.05) is 30.3 Å². The molecule has 246 valence electrons. The van der Waals surface area contributed by atoms with Gasteiger partial charge in [0.1, 0.15) is 23.5 Å². The monoisotopic (exact) mass is 656 g/mol. The van der Waals surface area contributed by atoms with Crippen molar-refractivity contribution in [1.82, 2.24) is 20.9 Å². The Hall–Kier alpha value is -3.09. The van der Waals surface area contributed by atoms with Crippen LogP contribution in [0, 0.1) is 0 Å². The van der Waals surface area contributed by atoms with Crippen LogP contribution >= 0.6 is 19.1 Å². The largest absolute Gasteiger partial charge is 0.466 e. The number of amides is 4. The maximum absolute atomic E-state index is 13.7. The third-order valence-electron chi connectivity index (χ3n) is 6.54. The number of carbonyl (C=O) groups excluding carboxylic acids is 5. The van der Waals surface area contributed by atoms with Crippen molar-refractivity contribution < 1.29 is 42.9 Å². The standard InChI is InChI=1S/C29H45N4O9PS/c1-6-41-25(35)14-16-43(39,40)24(17-21-11-8-7-9-12-21)32-26(36)23-13-10-15-33(23)27(37)22(18-44-19-30-20(2)34)31-28(38)42-29(3,4)5/h7-9,11-12,22-24H,6,10,13-19H2,1-5H3,(H,30,34)(H,31,38)(H,32,36)(H,39,40)/t22-,23-,24?/m0/s1. The maximum atomic E-state index is 13.7. The van der Waals surface area contributed by atoms with Crippen molar-refractivity contribution >= 4 is 48.9 Å². The van der Waals surface area contributed by atoms with E-state index in [9.17, 15) is 33.4 Å². The highest BCUT2D eigenvalue weighted by molar-refractivity contribution is 7.99. The van der Waals surface area contributed by atoms with Gasteiger partial charge in [0.25, 0.3) is 0 Å². The number of benzene rings is 1. The van der Waals surface area contributed by atoms with Gasteiger partial charge >= 0.3 is 12.1 Å². The van der Waals surface area contributed by atoms with Gasteiger partial charge in [-0.25, -0.2) is 4.79 Å². The van der Waals surface area contributed by atoms with E-state index in [-0.39, 0.29) is 49.7 Å². The summed E-state index contributed by atoms with van der Waals surface area (Å²) in [5.74, 6) is -2.89. The molecule has 1 fully saturated rings. The van der Waals surface area contributed by atoms with Crippen LogP contribution < -0.4 is 16.0 Å². The molecular formula is C29H45N4O9PS. The highest BCUT2D eigenvalue weighted by Crippen LogP contribution is 2.47. The minimum absolute atomic E-state index is 0.0342. The second-order valence-electron chi connectivity index (χ2n) is 11.4. The first-order chi connectivity index (χ1) is 20.6. The van der Waals surface area contributed by atoms with E-state index in [2.05, 4.69) is 16.0 Å². The van der Waals surface area contributed by atoms with Crippen molar-refractivity contribution in [2.24, 2.45) is 0 Å². The molecule has 0 radical (unpaired) electrons. The summed E-state index contributed by atoms with van der Waals surface area (Å²) in [5.41, 5.74) is -0.100. The number of hydrogen-bond acceptors (Lipinski definition) is 9. The van der Waals surface area contributed by atoms with Gasteiger partial charge < -0.3 is 35.2 Å². The van der Waals surface area contributed by atoms with Gasteiger partial charge in [0.15, 0.2) is 0 Å². The number of alkyl carbamates (subject to hydrolysis) is 1. The average Bonchev–Trinajstić information content (AvgIpc) is 3.43. The number of ether oxygens (including phenoxy) is 2. The van der Waals surface area contributed by atoms with Crippen LogP contribution in [-0.2, 0) is 39.6 Å². The maximum Gasteiger partial charge on any atom is 0.408 e. The van der Waals surface area contributed by atoms with Crippen molar-refractivity contribution in [2.45, 2.75) is 83.8 Å². The Kier molecular flexibility index (Phi) is 14.7. The van der Waals surface area contributed by atoms with Crippen molar-refractivity contribution in [3.8, 4) is 0 Å². The molecule has 4 atom stereocenters. The second kappa shape index (κ2) is 17.4. The first kappa shape index (κ1) is 37.1. The van der Waals surface area contributed by atoms with E-state index < -0.39 is 54.7 Å². The predicted octanol–water partition coefficient (Wildman–Crippen LogP) is 2.61. The van der Waals surface area contributed by atoms with Gasteiger partial charge in [-0.2, -0.15) is 0 Å². The van der Waals surface area contributed by atoms with Crippen LogP contribution in [0.5, 0.6) is 0 Å². The summed E-state index contributed by atoms with van der Waals surface area (Å²) < 4.78 is 23.7. The lowest BCUT2D eigenvalue weighted by Crippen LogP contribution is -2.56. The summed E-state index contributed by atoms with van der Waals surface area (Å²) in [6.07, 6.45) is -0.624. The van der Waals surface area contributed by atoms with Gasteiger partial charge in [0, 0.05) is 31.8 Å². The third-order valence-corrected chi connectivity index (χ3v) is 9.61. The summed E-state index contributed by atoms with van der Waals surface area (Å²) in [4.78, 5) is 75.5. The summed E-state index contributed by atoms with van der Waals surface area (Å²) in [6, 6.07) is 6.86. The van der Waals surface area contributed by atoms with E-state index in [1.54, 1.807) is 58.0 Å². The first-order valence-electron chi connectivity index (χ1n) is 14.6. The van der Waals surface area contributed by atoms with E-state index in [0.717, 1.165) is 0 Å². The molecule has 13 nitrogen and oxygen atoms in total. The number of thioether (sulfide) groups is 1. The van der Waals surface area contributed by atoms with E-state index in [4.69, 9.17) is 9.47 Å². The molecular weight excluding hydrogens is 611 g/mol.